The van der Waals surface area contributed by atoms with Gasteiger partial charge in [-0.2, -0.15) is 13.2 Å². The van der Waals surface area contributed by atoms with E-state index in [1.54, 1.807) is 25.1 Å². The summed E-state index contributed by atoms with van der Waals surface area (Å²) in [5, 5.41) is 1.39. The number of hydrogen-bond donors (Lipinski definition) is 0. The zero-order chi connectivity index (χ0) is 23.3. The lowest BCUT2D eigenvalue weighted by Crippen LogP contribution is -2.15. The van der Waals surface area contributed by atoms with E-state index in [4.69, 9.17) is 0 Å². The molecule has 2 aromatic carbocycles. The maximum Gasteiger partial charge on any atom is 0.417 e. The Morgan fingerprint density at radius 3 is 2.41 bits per heavy atom. The van der Waals surface area contributed by atoms with Crippen LogP contribution >= 0.6 is 0 Å². The van der Waals surface area contributed by atoms with Crippen LogP contribution in [0.5, 0.6) is 0 Å². The van der Waals surface area contributed by atoms with Gasteiger partial charge in [0.05, 0.1) is 5.56 Å². The zero-order valence-electron chi connectivity index (χ0n) is 19.1. The second-order valence-corrected chi connectivity index (χ2v) is 12.0. The Kier molecular flexibility index (Phi) is 6.14. The van der Waals surface area contributed by atoms with Crippen LogP contribution in [0.1, 0.15) is 50.3 Å². The van der Waals surface area contributed by atoms with E-state index in [-0.39, 0.29) is 11.0 Å². The molecular weight excluding hydrogens is 431 g/mol. The van der Waals surface area contributed by atoms with Gasteiger partial charge in [-0.05, 0) is 54.0 Å². The number of alkyl halides is 3. The molecule has 0 radical (unpaired) electrons. The molecule has 3 aromatic rings. The Hall–Kier alpha value is -1.92. The van der Waals surface area contributed by atoms with Crippen LogP contribution in [0.2, 0.25) is 0 Å². The van der Waals surface area contributed by atoms with E-state index in [2.05, 4.69) is 31.5 Å². The van der Waals surface area contributed by atoms with Crippen LogP contribution in [0, 0.1) is 12.3 Å². The van der Waals surface area contributed by atoms with Gasteiger partial charge in [0.25, 0.3) is 0 Å². The van der Waals surface area contributed by atoms with Crippen LogP contribution in [0.3, 0.4) is 0 Å². The summed E-state index contributed by atoms with van der Waals surface area (Å²) in [4.78, 5) is 0. The first kappa shape index (κ1) is 23.2. The molecule has 0 N–H and O–H groups in total. The molecule has 32 heavy (non-hydrogen) atoms. The van der Waals surface area contributed by atoms with Gasteiger partial charge in [0, 0.05) is 30.1 Å². The normalized spacial score (nSPS) is 16.0. The minimum atomic E-state index is -4.41. The van der Waals surface area contributed by atoms with Gasteiger partial charge in [0.15, 0.2) is 0 Å². The first-order chi connectivity index (χ1) is 14.9. The van der Waals surface area contributed by atoms with E-state index in [9.17, 15) is 17.7 Å². The van der Waals surface area contributed by atoms with Crippen LogP contribution in [0.4, 0.5) is 13.2 Å². The van der Waals surface area contributed by atoms with Crippen molar-refractivity contribution in [2.45, 2.75) is 64.9 Å². The average Bonchev–Trinajstić information content (AvgIpc) is 3.49. The molecule has 1 atom stereocenters. The minimum absolute atomic E-state index is 0.0110. The van der Waals surface area contributed by atoms with Crippen molar-refractivity contribution < 1.29 is 17.7 Å². The second kappa shape index (κ2) is 8.45. The number of halogens is 3. The largest absolute Gasteiger partial charge is 0.616 e. The fourth-order valence-corrected chi connectivity index (χ4v) is 5.65. The monoisotopic (exact) mass is 461 g/mol. The lowest BCUT2D eigenvalue weighted by atomic mass is 9.95. The fourth-order valence-electron chi connectivity index (χ4n) is 4.23. The summed E-state index contributed by atoms with van der Waals surface area (Å²) in [5.74, 6) is 0.636. The average molecular weight is 462 g/mol. The summed E-state index contributed by atoms with van der Waals surface area (Å²) in [6.45, 7) is 8.86. The molecular formula is C26H30F3NOS. The van der Waals surface area contributed by atoms with E-state index in [1.165, 1.54) is 6.07 Å². The fraction of sp³-hybridized carbons (Fsp3) is 0.462. The Balaban J connectivity index is 1.78. The van der Waals surface area contributed by atoms with E-state index < -0.39 is 22.9 Å². The molecule has 1 heterocycles. The number of hydrogen-bond acceptors (Lipinski definition) is 1. The van der Waals surface area contributed by atoms with Gasteiger partial charge < -0.3 is 9.12 Å². The molecule has 0 amide bonds. The van der Waals surface area contributed by atoms with Gasteiger partial charge in [-0.1, -0.05) is 61.8 Å². The van der Waals surface area contributed by atoms with Gasteiger partial charge in [-0.15, -0.1) is 0 Å². The summed E-state index contributed by atoms with van der Waals surface area (Å²) >= 11 is -0.798. The molecule has 4 rings (SSSR count). The highest BCUT2D eigenvalue weighted by molar-refractivity contribution is 7.92. The van der Waals surface area contributed by atoms with Gasteiger partial charge in [0.2, 0.25) is 0 Å². The molecule has 2 nitrogen and oxygen atoms in total. The van der Waals surface area contributed by atoms with Crippen molar-refractivity contribution in [1.82, 2.24) is 4.57 Å². The topological polar surface area (TPSA) is 28.0 Å². The molecule has 0 aliphatic heterocycles. The van der Waals surface area contributed by atoms with Crippen LogP contribution < -0.4 is 0 Å². The molecule has 0 saturated heterocycles. The van der Waals surface area contributed by atoms with E-state index in [0.717, 1.165) is 35.9 Å². The predicted octanol–water partition coefficient (Wildman–Crippen LogP) is 7.14. The minimum Gasteiger partial charge on any atom is -0.616 e. The highest BCUT2D eigenvalue weighted by Crippen LogP contribution is 2.39. The van der Waals surface area contributed by atoms with Crippen molar-refractivity contribution in [1.29, 1.82) is 0 Å². The second-order valence-electron chi connectivity index (χ2n) is 10.2. The number of aryl methyl sites for hydroxylation is 2. The van der Waals surface area contributed by atoms with Crippen LogP contribution in [0.15, 0.2) is 42.6 Å². The number of rotatable bonds is 6. The standard InChI is InChI=1S/C26H30F3NOS/c1-17-5-9-21(23(13-17)26(27,28)29)18-6-10-22-19(11-12-32(31)20-7-8-20)15-30(24(22)14-18)16-25(2,3)4/h5-6,9-10,13-15,20H,7-8,11-12,16H2,1-4H3. The molecule has 172 valence electrons. The van der Waals surface area contributed by atoms with Crippen LogP contribution in [-0.4, -0.2) is 20.1 Å². The Bertz CT molecular complexity index is 1120. The molecule has 0 spiro atoms. The predicted molar refractivity (Wildman–Crippen MR) is 126 cm³/mol. The van der Waals surface area contributed by atoms with Crippen molar-refractivity contribution in [2.75, 3.05) is 5.75 Å². The van der Waals surface area contributed by atoms with Gasteiger partial charge in [-0.3, -0.25) is 0 Å². The smallest absolute Gasteiger partial charge is 0.417 e. The SMILES string of the molecule is Cc1ccc(-c2ccc3c(CC[S+]([O-])C4CC4)cn(CC(C)(C)C)c3c2)c(C(F)(F)F)c1. The van der Waals surface area contributed by atoms with Crippen molar-refractivity contribution >= 4 is 22.1 Å². The molecule has 6 heteroatoms. The number of nitrogens with zero attached hydrogens (tertiary/aromatic N) is 1. The highest BCUT2D eigenvalue weighted by Gasteiger charge is 2.35. The molecule has 1 unspecified atom stereocenters. The van der Waals surface area contributed by atoms with E-state index in [0.29, 0.717) is 28.6 Å². The Labute approximate surface area is 191 Å². The third kappa shape index (κ3) is 5.18. The summed E-state index contributed by atoms with van der Waals surface area (Å²) in [7, 11) is 0. The van der Waals surface area contributed by atoms with Gasteiger partial charge >= 0.3 is 6.18 Å². The van der Waals surface area contributed by atoms with Crippen molar-refractivity contribution in [3.05, 3.63) is 59.3 Å². The summed E-state index contributed by atoms with van der Waals surface area (Å²) in [6.07, 6.45) is 0.513. The maximum atomic E-state index is 13.7. The first-order valence-electron chi connectivity index (χ1n) is 11.1. The Morgan fingerprint density at radius 1 is 1.06 bits per heavy atom. The Morgan fingerprint density at radius 2 is 1.78 bits per heavy atom. The number of aromatic nitrogens is 1. The molecule has 1 aliphatic carbocycles. The summed E-state index contributed by atoms with van der Waals surface area (Å²) in [5.41, 5.74) is 2.80. The van der Waals surface area contributed by atoms with Crippen LogP contribution in [0.25, 0.3) is 22.0 Å². The summed E-state index contributed by atoms with van der Waals surface area (Å²) < 4.78 is 55.7. The van der Waals surface area contributed by atoms with Crippen LogP contribution in [-0.2, 0) is 30.3 Å². The van der Waals surface area contributed by atoms with Crippen molar-refractivity contribution in [3.8, 4) is 11.1 Å². The third-order valence-corrected chi connectivity index (χ3v) is 7.69. The molecule has 1 saturated carbocycles. The van der Waals surface area contributed by atoms with E-state index >= 15 is 0 Å². The molecule has 0 bridgehead atoms. The first-order valence-corrected chi connectivity index (χ1v) is 12.5. The zero-order valence-corrected chi connectivity index (χ0v) is 19.9. The maximum absolute atomic E-state index is 13.7. The number of fused-ring (bicyclic) bond motifs is 1. The van der Waals surface area contributed by atoms with Gasteiger partial charge in [-0.25, -0.2) is 0 Å². The quantitative estimate of drug-likeness (QED) is 0.359. The lowest BCUT2D eigenvalue weighted by Gasteiger charge is -2.20. The highest BCUT2D eigenvalue weighted by atomic mass is 32.2. The number of benzene rings is 2. The molecule has 1 aliphatic rings. The third-order valence-electron chi connectivity index (χ3n) is 5.87. The van der Waals surface area contributed by atoms with Gasteiger partial charge in [0.1, 0.15) is 11.0 Å². The molecule has 1 aromatic heterocycles. The molecule has 1 fully saturated rings. The van der Waals surface area contributed by atoms with Crippen molar-refractivity contribution in [2.24, 2.45) is 5.41 Å². The lowest BCUT2D eigenvalue weighted by molar-refractivity contribution is -0.137. The summed E-state index contributed by atoms with van der Waals surface area (Å²) in [6, 6.07) is 10.1. The van der Waals surface area contributed by atoms with Crippen molar-refractivity contribution in [3.63, 3.8) is 0 Å². The van der Waals surface area contributed by atoms with E-state index in [1.807, 2.05) is 12.1 Å².